The van der Waals surface area contributed by atoms with Crippen molar-refractivity contribution in [1.29, 1.82) is 0 Å². The maximum atomic E-state index is 14.6. The molecule has 3 atom stereocenters. The fourth-order valence-electron chi connectivity index (χ4n) is 7.22. The Bertz CT molecular complexity index is 2210. The van der Waals surface area contributed by atoms with Crippen LogP contribution in [0.15, 0.2) is 90.1 Å². The van der Waals surface area contributed by atoms with Crippen molar-refractivity contribution in [3.8, 4) is 11.1 Å². The lowest BCUT2D eigenvalue weighted by Crippen LogP contribution is -2.49. The highest BCUT2D eigenvalue weighted by molar-refractivity contribution is 6.19. The summed E-state index contributed by atoms with van der Waals surface area (Å²) < 4.78 is 67.8. The smallest absolute Gasteiger partial charge is 0.416 e. The van der Waals surface area contributed by atoms with Gasteiger partial charge in [-0.3, -0.25) is 9.59 Å². The molecule has 2 aliphatic rings. The number of rotatable bonds is 13. The highest BCUT2D eigenvalue weighted by Crippen LogP contribution is 2.33. The number of aromatic nitrogens is 1. The third-order valence-corrected chi connectivity index (χ3v) is 10.7. The van der Waals surface area contributed by atoms with E-state index in [0.29, 0.717) is 22.9 Å². The van der Waals surface area contributed by atoms with Crippen LogP contribution in [0.2, 0.25) is 0 Å². The van der Waals surface area contributed by atoms with Crippen LogP contribution in [0.4, 0.5) is 27.8 Å². The van der Waals surface area contributed by atoms with E-state index in [1.54, 1.807) is 12.1 Å². The summed E-state index contributed by atoms with van der Waals surface area (Å²) in [6, 6.07) is 19.9. The number of hydrogen-bond donors (Lipinski definition) is 4. The van der Waals surface area contributed by atoms with E-state index in [2.05, 4.69) is 28.7 Å². The zero-order chi connectivity index (χ0) is 44.6. The molecule has 0 saturated carbocycles. The SMILES string of the molecule is CC(C)N1CCC(N(Cc2ccc(-c3ccc(C(F)(F)F)cc3)cc2)C(=O)CC2C(=O)c3cccnc3N=C2CCc2cccc(F)c2F)CC1.O=C(O)C(O)C(O)C(=O)O. The van der Waals surface area contributed by atoms with Gasteiger partial charge >= 0.3 is 18.1 Å². The van der Waals surface area contributed by atoms with E-state index >= 15 is 0 Å². The van der Waals surface area contributed by atoms with E-state index in [-0.39, 0.29) is 54.9 Å². The average molecular weight is 853 g/mol. The number of piperidine rings is 1. The largest absolute Gasteiger partial charge is 0.479 e. The topological polar surface area (TPSA) is 181 Å². The third-order valence-electron chi connectivity index (χ3n) is 10.7. The first kappa shape index (κ1) is 46.2. The van der Waals surface area contributed by atoms with Crippen molar-refractivity contribution >= 4 is 35.2 Å². The summed E-state index contributed by atoms with van der Waals surface area (Å²) in [5, 5.41) is 32.5. The fraction of sp³-hybridized carbons (Fsp3) is 0.364. The van der Waals surface area contributed by atoms with Crippen LogP contribution in [-0.4, -0.2) is 102 Å². The summed E-state index contributed by atoms with van der Waals surface area (Å²) >= 11 is 0. The number of pyridine rings is 1. The maximum absolute atomic E-state index is 14.6. The molecule has 3 heterocycles. The number of aliphatic imine (C=N–C) groups is 1. The first-order chi connectivity index (χ1) is 28.8. The number of fused-ring (bicyclic) bond motifs is 1. The maximum Gasteiger partial charge on any atom is 0.416 e. The van der Waals surface area contributed by atoms with E-state index in [0.717, 1.165) is 55.3 Å². The van der Waals surface area contributed by atoms with Crippen molar-refractivity contribution in [3.63, 3.8) is 0 Å². The predicted octanol–water partition coefficient (Wildman–Crippen LogP) is 6.73. The van der Waals surface area contributed by atoms with E-state index in [4.69, 9.17) is 20.4 Å². The molecule has 61 heavy (non-hydrogen) atoms. The van der Waals surface area contributed by atoms with Crippen LogP contribution in [-0.2, 0) is 33.5 Å². The molecule has 0 aliphatic carbocycles. The monoisotopic (exact) mass is 852 g/mol. The van der Waals surface area contributed by atoms with Crippen LogP contribution in [0, 0.1) is 17.6 Å². The molecule has 2 aliphatic heterocycles. The molecule has 324 valence electrons. The Kier molecular flexibility index (Phi) is 15.2. The molecule has 12 nitrogen and oxygen atoms in total. The van der Waals surface area contributed by atoms with Gasteiger partial charge in [-0.2, -0.15) is 13.2 Å². The van der Waals surface area contributed by atoms with Gasteiger partial charge in [-0.1, -0.05) is 48.5 Å². The number of alkyl halides is 3. The van der Waals surface area contributed by atoms with Crippen LogP contribution >= 0.6 is 0 Å². The summed E-state index contributed by atoms with van der Waals surface area (Å²) in [4.78, 5) is 61.0. The number of carboxylic acids is 2. The zero-order valence-electron chi connectivity index (χ0n) is 33.2. The van der Waals surface area contributed by atoms with Gasteiger partial charge in [0.2, 0.25) is 5.91 Å². The minimum Gasteiger partial charge on any atom is -0.479 e. The number of nitrogens with zero attached hydrogens (tertiary/aromatic N) is 4. The fourth-order valence-corrected chi connectivity index (χ4v) is 7.22. The molecule has 3 unspecified atom stereocenters. The number of benzene rings is 3. The van der Waals surface area contributed by atoms with Crippen LogP contribution < -0.4 is 0 Å². The molecule has 6 rings (SSSR count). The number of ketones is 1. The number of carbonyl (C=O) groups is 4. The van der Waals surface area contributed by atoms with Gasteiger partial charge in [0.25, 0.3) is 0 Å². The summed E-state index contributed by atoms with van der Waals surface area (Å²) in [5.74, 6) is -6.61. The Morgan fingerprint density at radius 2 is 1.43 bits per heavy atom. The number of aliphatic hydroxyl groups excluding tert-OH is 2. The molecular formula is C44H45F5N4O8. The molecule has 4 N–H and O–H groups in total. The van der Waals surface area contributed by atoms with Gasteiger partial charge in [0.1, 0.15) is 0 Å². The molecule has 1 amide bonds. The first-order valence-electron chi connectivity index (χ1n) is 19.5. The van der Waals surface area contributed by atoms with E-state index in [9.17, 15) is 41.1 Å². The zero-order valence-corrected chi connectivity index (χ0v) is 33.2. The van der Waals surface area contributed by atoms with Crippen molar-refractivity contribution in [2.24, 2.45) is 10.9 Å². The third kappa shape index (κ3) is 11.7. The number of aliphatic carboxylic acids is 2. The summed E-state index contributed by atoms with van der Waals surface area (Å²) in [6.07, 6.45) is -5.85. The minimum absolute atomic E-state index is 0.0866. The highest BCUT2D eigenvalue weighted by atomic mass is 19.4. The predicted molar refractivity (Wildman–Crippen MR) is 213 cm³/mol. The number of Topliss-reactive ketones (excluding diaryl/α,β-unsaturated/α-hetero) is 1. The van der Waals surface area contributed by atoms with Crippen molar-refractivity contribution in [2.45, 2.75) is 83.0 Å². The van der Waals surface area contributed by atoms with Gasteiger partial charge in [-0.25, -0.2) is 28.3 Å². The molecule has 1 aromatic heterocycles. The number of aliphatic hydroxyl groups is 2. The minimum atomic E-state index is -4.42. The number of halogens is 5. The molecule has 4 aromatic rings. The van der Waals surface area contributed by atoms with Crippen molar-refractivity contribution in [1.82, 2.24) is 14.8 Å². The van der Waals surface area contributed by atoms with Crippen molar-refractivity contribution in [3.05, 3.63) is 119 Å². The van der Waals surface area contributed by atoms with E-state index in [1.165, 1.54) is 30.5 Å². The van der Waals surface area contributed by atoms with Crippen LogP contribution in [0.1, 0.15) is 66.6 Å². The number of amides is 1. The molecule has 3 aromatic carbocycles. The first-order valence-corrected chi connectivity index (χ1v) is 19.5. The Morgan fingerprint density at radius 1 is 0.836 bits per heavy atom. The van der Waals surface area contributed by atoms with Crippen LogP contribution in [0.3, 0.4) is 0 Å². The Labute approximate surface area is 348 Å². The molecule has 1 saturated heterocycles. The Balaban J connectivity index is 0.000000626. The molecule has 0 spiro atoms. The summed E-state index contributed by atoms with van der Waals surface area (Å²) in [7, 11) is 0. The number of likely N-dealkylation sites (tertiary alicyclic amines) is 1. The van der Waals surface area contributed by atoms with E-state index < -0.39 is 53.4 Å². The van der Waals surface area contributed by atoms with Gasteiger partial charge in [-0.15, -0.1) is 0 Å². The Hall–Kier alpha value is -5.91. The molecule has 17 heteroatoms. The van der Waals surface area contributed by atoms with Crippen molar-refractivity contribution < 1.29 is 61.6 Å². The lowest BCUT2D eigenvalue weighted by Gasteiger charge is -2.40. The molecule has 1 fully saturated rings. The second-order valence-corrected chi connectivity index (χ2v) is 15.0. The van der Waals surface area contributed by atoms with Gasteiger partial charge in [0.15, 0.2) is 35.4 Å². The second kappa shape index (κ2) is 20.1. The molecule has 0 radical (unpaired) electrons. The van der Waals surface area contributed by atoms with Gasteiger partial charge in [-0.05, 0) is 92.1 Å². The summed E-state index contributed by atoms with van der Waals surface area (Å²) in [5.41, 5.74) is 2.37. The van der Waals surface area contributed by atoms with Gasteiger partial charge in [0, 0.05) is 50.0 Å². The quantitative estimate of drug-likeness (QED) is 0.105. The number of carbonyl (C=O) groups excluding carboxylic acids is 2. The molecule has 0 bridgehead atoms. The van der Waals surface area contributed by atoms with Gasteiger partial charge in [0.05, 0.1) is 17.0 Å². The second-order valence-electron chi connectivity index (χ2n) is 15.0. The van der Waals surface area contributed by atoms with Crippen LogP contribution in [0.25, 0.3) is 11.1 Å². The number of hydrogen-bond acceptors (Lipinski definition) is 9. The Morgan fingerprint density at radius 3 is 1.98 bits per heavy atom. The highest BCUT2D eigenvalue weighted by Gasteiger charge is 2.37. The molecular weight excluding hydrogens is 807 g/mol. The number of aryl methyl sites for hydroxylation is 1. The number of carboxylic acid groups (broad SMARTS) is 2. The lowest BCUT2D eigenvalue weighted by molar-refractivity contribution is -0.165. The van der Waals surface area contributed by atoms with E-state index in [1.807, 2.05) is 29.2 Å². The normalized spacial score (nSPS) is 16.8. The van der Waals surface area contributed by atoms with Gasteiger partial charge < -0.3 is 30.2 Å². The van der Waals surface area contributed by atoms with Crippen molar-refractivity contribution in [2.75, 3.05) is 13.1 Å². The van der Waals surface area contributed by atoms with Crippen LogP contribution in [0.5, 0.6) is 0 Å². The lowest BCUT2D eigenvalue weighted by atomic mass is 9.84. The summed E-state index contributed by atoms with van der Waals surface area (Å²) in [6.45, 7) is 6.18. The average Bonchev–Trinajstić information content (AvgIpc) is 3.24. The standard InChI is InChI=1S/C40H39F5N4O2.C4H6O6/c1-25(2)48-21-18-31(19-22-48)49(24-26-8-10-27(11-9-26)28-12-15-30(16-13-28)40(43,44)45)36(50)23-33-35(17-14-29-5-3-7-34(41)37(29)42)47-39-32(38(33)51)6-4-20-46-39;5-1(3(7)8)2(6)4(9)10/h3-13,15-16,20,25,31,33H,14,17-19,21-24H2,1-2H3;1-2,5-6H,(H,7,8)(H,9,10).